The van der Waals surface area contributed by atoms with Gasteiger partial charge in [-0.15, -0.1) is 0 Å². The van der Waals surface area contributed by atoms with Crippen molar-refractivity contribution in [2.75, 3.05) is 12.4 Å². The van der Waals surface area contributed by atoms with E-state index in [1.165, 1.54) is 6.33 Å². The van der Waals surface area contributed by atoms with Crippen LogP contribution >= 0.6 is 11.6 Å². The fourth-order valence-electron chi connectivity index (χ4n) is 2.49. The number of para-hydroxylation sites is 1. The van der Waals surface area contributed by atoms with Gasteiger partial charge in [0.2, 0.25) is 0 Å². The predicted molar refractivity (Wildman–Crippen MR) is 105 cm³/mol. The summed E-state index contributed by atoms with van der Waals surface area (Å²) in [5, 5.41) is 6.68. The summed E-state index contributed by atoms with van der Waals surface area (Å²) in [6.45, 7) is 0.914. The van der Waals surface area contributed by atoms with Gasteiger partial charge in [0.05, 0.1) is 7.11 Å². The molecule has 3 rings (SSSR count). The van der Waals surface area contributed by atoms with E-state index in [0.717, 1.165) is 16.9 Å². The molecule has 0 aliphatic carbocycles. The van der Waals surface area contributed by atoms with E-state index in [1.54, 1.807) is 25.3 Å². The third-order valence-electron chi connectivity index (χ3n) is 3.92. The van der Waals surface area contributed by atoms with Crippen LogP contribution in [0.5, 0.6) is 5.75 Å². The van der Waals surface area contributed by atoms with Crippen molar-refractivity contribution in [2.24, 2.45) is 0 Å². The van der Waals surface area contributed by atoms with E-state index in [-0.39, 0.29) is 5.91 Å². The number of halogens is 1. The van der Waals surface area contributed by atoms with Gasteiger partial charge in [0.25, 0.3) is 5.91 Å². The first-order valence-electron chi connectivity index (χ1n) is 8.36. The molecule has 0 radical (unpaired) electrons. The smallest absolute Gasteiger partial charge is 0.270 e. The normalized spacial score (nSPS) is 10.3. The molecule has 2 N–H and O–H groups in total. The zero-order valence-electron chi connectivity index (χ0n) is 14.8. The summed E-state index contributed by atoms with van der Waals surface area (Å²) in [5.74, 6) is 1.08. The fourth-order valence-corrected chi connectivity index (χ4v) is 2.61. The monoisotopic (exact) mass is 382 g/mol. The Morgan fingerprint density at radius 2 is 1.85 bits per heavy atom. The molecule has 0 fully saturated rings. The van der Waals surface area contributed by atoms with Crippen molar-refractivity contribution in [1.82, 2.24) is 15.3 Å². The summed E-state index contributed by atoms with van der Waals surface area (Å²) in [6, 6.07) is 16.6. The Kier molecular flexibility index (Phi) is 6.22. The molecule has 6 nitrogen and oxygen atoms in total. The molecule has 0 bridgehead atoms. The first kappa shape index (κ1) is 18.7. The lowest BCUT2D eigenvalue weighted by molar-refractivity contribution is 0.0946. The van der Waals surface area contributed by atoms with Gasteiger partial charge in [-0.05, 0) is 23.8 Å². The number of hydrogen-bond acceptors (Lipinski definition) is 5. The van der Waals surface area contributed by atoms with Crippen molar-refractivity contribution in [3.8, 4) is 5.75 Å². The lowest BCUT2D eigenvalue weighted by Gasteiger charge is -2.10. The van der Waals surface area contributed by atoms with E-state index in [4.69, 9.17) is 16.3 Å². The highest BCUT2D eigenvalue weighted by Gasteiger charge is 2.09. The minimum atomic E-state index is -0.271. The second-order valence-electron chi connectivity index (χ2n) is 5.76. The van der Waals surface area contributed by atoms with Crippen LogP contribution in [0.4, 0.5) is 5.82 Å². The van der Waals surface area contributed by atoms with Crippen LogP contribution in [0.3, 0.4) is 0 Å². The Bertz CT molecular complexity index is 916. The van der Waals surface area contributed by atoms with Gasteiger partial charge in [-0.3, -0.25) is 4.79 Å². The largest absolute Gasteiger partial charge is 0.496 e. The van der Waals surface area contributed by atoms with Crippen molar-refractivity contribution >= 4 is 23.3 Å². The molecule has 1 aromatic heterocycles. The van der Waals surface area contributed by atoms with Crippen LogP contribution in [-0.2, 0) is 13.1 Å². The van der Waals surface area contributed by atoms with Gasteiger partial charge in [0, 0.05) is 29.7 Å². The van der Waals surface area contributed by atoms with Crippen LogP contribution in [0.25, 0.3) is 0 Å². The van der Waals surface area contributed by atoms with E-state index in [1.807, 2.05) is 36.4 Å². The van der Waals surface area contributed by atoms with Crippen molar-refractivity contribution in [2.45, 2.75) is 13.1 Å². The molecular formula is C20H19ClN4O2. The third kappa shape index (κ3) is 5.18. The van der Waals surface area contributed by atoms with E-state index in [9.17, 15) is 4.79 Å². The van der Waals surface area contributed by atoms with E-state index < -0.39 is 0 Å². The quantitative estimate of drug-likeness (QED) is 0.651. The third-order valence-corrected chi connectivity index (χ3v) is 4.17. The minimum absolute atomic E-state index is 0.271. The lowest BCUT2D eigenvalue weighted by atomic mass is 10.2. The molecule has 27 heavy (non-hydrogen) atoms. The molecule has 3 aromatic rings. The lowest BCUT2D eigenvalue weighted by Crippen LogP contribution is -2.24. The van der Waals surface area contributed by atoms with Crippen molar-refractivity contribution in [1.29, 1.82) is 0 Å². The van der Waals surface area contributed by atoms with E-state index >= 15 is 0 Å². The number of aromatic nitrogens is 2. The predicted octanol–water partition coefficient (Wildman–Crippen LogP) is 3.68. The molecule has 0 saturated heterocycles. The molecule has 0 aliphatic rings. The van der Waals surface area contributed by atoms with Crippen LogP contribution < -0.4 is 15.4 Å². The van der Waals surface area contributed by atoms with Gasteiger partial charge in [-0.25, -0.2) is 9.97 Å². The molecule has 0 unspecified atom stereocenters. The summed E-state index contributed by atoms with van der Waals surface area (Å²) >= 11 is 5.86. The Balaban J connectivity index is 1.60. The van der Waals surface area contributed by atoms with Crippen LogP contribution in [0, 0.1) is 0 Å². The number of hydrogen-bond donors (Lipinski definition) is 2. The number of anilines is 1. The van der Waals surface area contributed by atoms with Crippen LogP contribution in [0.15, 0.2) is 60.9 Å². The van der Waals surface area contributed by atoms with Gasteiger partial charge < -0.3 is 15.4 Å². The summed E-state index contributed by atoms with van der Waals surface area (Å²) < 4.78 is 5.33. The summed E-state index contributed by atoms with van der Waals surface area (Å²) in [5.41, 5.74) is 2.24. The molecule has 0 spiro atoms. The van der Waals surface area contributed by atoms with Gasteiger partial charge in [0.1, 0.15) is 23.6 Å². The molecule has 0 saturated carbocycles. The van der Waals surface area contributed by atoms with Crippen LogP contribution in [-0.4, -0.2) is 23.0 Å². The Hall–Kier alpha value is -3.12. The van der Waals surface area contributed by atoms with E-state index in [0.29, 0.717) is 29.6 Å². The zero-order chi connectivity index (χ0) is 19.1. The molecule has 0 atom stereocenters. The van der Waals surface area contributed by atoms with E-state index in [2.05, 4.69) is 20.6 Å². The number of ether oxygens (including phenoxy) is 1. The summed E-state index contributed by atoms with van der Waals surface area (Å²) in [6.07, 6.45) is 1.36. The minimum Gasteiger partial charge on any atom is -0.496 e. The maximum atomic E-state index is 12.3. The van der Waals surface area contributed by atoms with Crippen LogP contribution in [0.1, 0.15) is 21.6 Å². The highest BCUT2D eigenvalue weighted by molar-refractivity contribution is 6.30. The number of nitrogens with one attached hydrogen (secondary N) is 2. The Morgan fingerprint density at radius 1 is 1.07 bits per heavy atom. The number of nitrogens with zero attached hydrogens (tertiary/aromatic N) is 2. The standard InChI is InChI=1S/C20H19ClN4O2/c1-27-18-5-3-2-4-15(18)12-22-19-10-17(24-13-25-19)20(26)23-11-14-6-8-16(21)9-7-14/h2-10,13H,11-12H2,1H3,(H,23,26)(H,22,24,25). The van der Waals surface area contributed by atoms with Gasteiger partial charge in [0.15, 0.2) is 0 Å². The van der Waals surface area contributed by atoms with Gasteiger partial charge in [-0.1, -0.05) is 41.9 Å². The first-order chi connectivity index (χ1) is 13.2. The number of rotatable bonds is 7. The molecule has 1 heterocycles. The molecule has 1 amide bonds. The average molecular weight is 383 g/mol. The topological polar surface area (TPSA) is 76.1 Å². The fraction of sp³-hybridized carbons (Fsp3) is 0.150. The number of benzene rings is 2. The van der Waals surface area contributed by atoms with Crippen molar-refractivity contribution in [3.05, 3.63) is 82.8 Å². The summed E-state index contributed by atoms with van der Waals surface area (Å²) in [7, 11) is 1.63. The molecule has 7 heteroatoms. The van der Waals surface area contributed by atoms with Crippen molar-refractivity contribution < 1.29 is 9.53 Å². The second kappa shape index (κ2) is 9.00. The first-order valence-corrected chi connectivity index (χ1v) is 8.74. The maximum Gasteiger partial charge on any atom is 0.270 e. The SMILES string of the molecule is COc1ccccc1CNc1cc(C(=O)NCc2ccc(Cl)cc2)ncn1. The number of amides is 1. The number of carbonyl (C=O) groups excluding carboxylic acids is 1. The average Bonchev–Trinajstić information content (AvgIpc) is 2.72. The van der Waals surface area contributed by atoms with Gasteiger partial charge >= 0.3 is 0 Å². The van der Waals surface area contributed by atoms with Crippen molar-refractivity contribution in [3.63, 3.8) is 0 Å². The molecule has 2 aromatic carbocycles. The van der Waals surface area contributed by atoms with Crippen LogP contribution in [0.2, 0.25) is 5.02 Å². The number of methoxy groups -OCH3 is 1. The molecule has 0 aliphatic heterocycles. The second-order valence-corrected chi connectivity index (χ2v) is 6.20. The zero-order valence-corrected chi connectivity index (χ0v) is 15.5. The highest BCUT2D eigenvalue weighted by atomic mass is 35.5. The summed E-state index contributed by atoms with van der Waals surface area (Å²) in [4.78, 5) is 20.5. The van der Waals surface area contributed by atoms with Gasteiger partial charge in [-0.2, -0.15) is 0 Å². The highest BCUT2D eigenvalue weighted by Crippen LogP contribution is 2.18. The number of carbonyl (C=O) groups is 1. The Morgan fingerprint density at radius 3 is 2.63 bits per heavy atom. The maximum absolute atomic E-state index is 12.3. The molecule has 138 valence electrons. The Labute approximate surface area is 162 Å². The molecular weight excluding hydrogens is 364 g/mol.